The lowest BCUT2D eigenvalue weighted by Crippen LogP contribution is -2.37. The van der Waals surface area contributed by atoms with E-state index in [0.29, 0.717) is 18.8 Å². The van der Waals surface area contributed by atoms with Crippen molar-refractivity contribution in [3.05, 3.63) is 215 Å². The van der Waals surface area contributed by atoms with Crippen LogP contribution in [0.1, 0.15) is 106 Å². The van der Waals surface area contributed by atoms with Crippen molar-refractivity contribution in [3.63, 3.8) is 0 Å². The Morgan fingerprint density at radius 2 is 0.770 bits per heavy atom. The number of benzene rings is 6. The molecule has 0 bridgehead atoms. The highest BCUT2D eigenvalue weighted by molar-refractivity contribution is 8.00. The number of carboxylic acid groups (broad SMARTS) is 2. The van der Waals surface area contributed by atoms with E-state index in [1.807, 2.05) is 11.8 Å². The number of hydrogen-bond acceptors (Lipinski definition) is 7. The first-order chi connectivity index (χ1) is 34.4. The number of amides is 2. The molecule has 6 aromatic rings. The molecule has 0 atom stereocenters. The number of rotatable bonds is 18. The Morgan fingerprint density at radius 3 is 1.01 bits per heavy atom. The third-order valence-corrected chi connectivity index (χ3v) is 12.3. The van der Waals surface area contributed by atoms with Gasteiger partial charge in [-0.05, 0) is 70.6 Å². The molecule has 402 valence electrons. The van der Waals surface area contributed by atoms with Crippen molar-refractivity contribution < 1.29 is 55.7 Å². The number of carboxylic acids is 2. The first kappa shape index (κ1) is 67.5. The zero-order valence-electron chi connectivity index (χ0n) is 40.1. The van der Waals surface area contributed by atoms with Crippen molar-refractivity contribution in [3.8, 4) is 0 Å². The first-order valence-electron chi connectivity index (χ1n) is 23.0. The Morgan fingerprint density at radius 1 is 0.500 bits per heavy atom. The molecule has 0 radical (unpaired) electrons. The van der Waals surface area contributed by atoms with Crippen LogP contribution in [0.4, 0.5) is 26.3 Å². The van der Waals surface area contributed by atoms with Crippen LogP contribution in [0, 0.1) is 0 Å². The molecule has 2 amide bonds. The van der Waals surface area contributed by atoms with E-state index in [0.717, 1.165) is 50.0 Å². The molecule has 8 nitrogen and oxygen atoms in total. The number of halogens is 6. The highest BCUT2D eigenvalue weighted by Crippen LogP contribution is 2.48. The van der Waals surface area contributed by atoms with Crippen LogP contribution in [0.5, 0.6) is 0 Å². The fourth-order valence-electron chi connectivity index (χ4n) is 6.90. The number of alkyl halides is 6. The number of unbranched alkanes of at least 4 members (excludes halogenated alkanes) is 4. The molecule has 0 aliphatic rings. The smallest absolute Gasteiger partial charge is 0.490 e. The minimum atomic E-state index is -5.19. The second-order valence-corrected chi connectivity index (χ2v) is 17.3. The molecular weight excluding hydrogens is 999 g/mol. The standard InChI is InChI=1S/C26H29NOS.C19H16.C7H15NOS.2C2HF3O2.2CH4/c1-27-25(28)20-12-5-13-21-29-26(22-14-6-2-7-15-22,23-16-8-3-9-17-23)24-18-10-4-11-19-24;1-4-10-16(11-5-1)19(17-12-6-2-7-13-17)18-14-8-3-9-15-18;1-8-7(9)5-3-2-4-6-10;2*3-2(4,5)1(6)7;;/h2-4,6-11,14-19H,5,12-13,20-21H2,1H3,(H,27,28);1-15,19H;10H,2-6H2,1H3,(H,8,9);2*(H,6,7);2*1H4/p-1. The summed E-state index contributed by atoms with van der Waals surface area (Å²) in [5, 5.41) is 21.2. The Balaban J connectivity index is 0.00000102. The van der Waals surface area contributed by atoms with Crippen LogP contribution in [0.2, 0.25) is 0 Å². The van der Waals surface area contributed by atoms with Crippen molar-refractivity contribution >= 4 is 48.1 Å². The third kappa shape index (κ3) is 25.4. The van der Waals surface area contributed by atoms with Gasteiger partial charge in [0, 0.05) is 32.9 Å². The van der Waals surface area contributed by atoms with Crippen LogP contribution in [-0.2, 0) is 23.9 Å². The minimum absolute atomic E-state index is 0. The minimum Gasteiger partial charge on any atom is -0.542 e. The van der Waals surface area contributed by atoms with Gasteiger partial charge in [0.2, 0.25) is 11.8 Å². The summed E-state index contributed by atoms with van der Waals surface area (Å²) in [6.45, 7) is 0. The zero-order chi connectivity index (χ0) is 53.3. The molecule has 16 heteroatoms. The maximum atomic E-state index is 11.4. The first-order valence-corrected chi connectivity index (χ1v) is 24.6. The van der Waals surface area contributed by atoms with Gasteiger partial charge in [0.05, 0.1) is 4.75 Å². The maximum absolute atomic E-state index is 11.4. The summed E-state index contributed by atoms with van der Waals surface area (Å²) < 4.78 is 63.0. The lowest BCUT2D eigenvalue weighted by Gasteiger charge is -2.35. The van der Waals surface area contributed by atoms with E-state index < -0.39 is 24.3 Å². The van der Waals surface area contributed by atoms with Crippen LogP contribution in [0.3, 0.4) is 0 Å². The summed E-state index contributed by atoms with van der Waals surface area (Å²) in [5.41, 5.74) is 7.90. The van der Waals surface area contributed by atoms with Gasteiger partial charge in [0.1, 0.15) is 5.97 Å². The van der Waals surface area contributed by atoms with Gasteiger partial charge in [-0.3, -0.25) is 9.59 Å². The van der Waals surface area contributed by atoms with E-state index in [9.17, 15) is 35.9 Å². The second-order valence-electron chi connectivity index (χ2n) is 15.6. The summed E-state index contributed by atoms with van der Waals surface area (Å²) in [6.07, 6.45) is -2.70. The fraction of sp³-hybridized carbons (Fsp3) is 0.310. The molecule has 0 aliphatic carbocycles. The van der Waals surface area contributed by atoms with E-state index in [4.69, 9.17) is 19.8 Å². The van der Waals surface area contributed by atoms with Gasteiger partial charge in [-0.15, -0.1) is 11.8 Å². The van der Waals surface area contributed by atoms with E-state index >= 15 is 0 Å². The van der Waals surface area contributed by atoms with Gasteiger partial charge < -0.3 is 25.6 Å². The number of thioether (sulfide) groups is 1. The normalized spacial score (nSPS) is 10.5. The summed E-state index contributed by atoms with van der Waals surface area (Å²) in [7, 11) is 3.37. The fourth-order valence-corrected chi connectivity index (χ4v) is 8.68. The van der Waals surface area contributed by atoms with Gasteiger partial charge in [-0.1, -0.05) is 210 Å². The third-order valence-electron chi connectivity index (χ3n) is 10.4. The van der Waals surface area contributed by atoms with E-state index in [2.05, 4.69) is 205 Å². The Labute approximate surface area is 442 Å². The molecule has 0 heterocycles. The number of aliphatic carboxylic acids is 2. The number of carbonyl (C=O) groups is 4. The van der Waals surface area contributed by atoms with Gasteiger partial charge in [0.25, 0.3) is 0 Å². The second kappa shape index (κ2) is 37.2. The van der Waals surface area contributed by atoms with Gasteiger partial charge in [0.15, 0.2) is 0 Å². The van der Waals surface area contributed by atoms with Crippen molar-refractivity contribution in [2.45, 2.75) is 89.2 Å². The van der Waals surface area contributed by atoms with Crippen LogP contribution in [0.15, 0.2) is 182 Å². The Bertz CT molecular complexity index is 2190. The molecule has 0 aromatic heterocycles. The monoisotopic (exact) mass is 1070 g/mol. The molecule has 0 unspecified atom stereocenters. The predicted octanol–water partition coefficient (Wildman–Crippen LogP) is 13.3. The molecule has 74 heavy (non-hydrogen) atoms. The number of nitrogens with one attached hydrogen (secondary N) is 2. The van der Waals surface area contributed by atoms with Crippen molar-refractivity contribution in [1.82, 2.24) is 10.6 Å². The number of carbonyl (C=O) groups excluding carboxylic acids is 3. The van der Waals surface area contributed by atoms with Gasteiger partial charge in [-0.25, -0.2) is 4.79 Å². The maximum Gasteiger partial charge on any atom is 0.490 e. The molecule has 0 spiro atoms. The lowest BCUT2D eigenvalue weighted by molar-refractivity contribution is -0.344. The van der Waals surface area contributed by atoms with Gasteiger partial charge in [-0.2, -0.15) is 39.0 Å². The van der Waals surface area contributed by atoms with Crippen LogP contribution >= 0.6 is 24.4 Å². The summed E-state index contributed by atoms with van der Waals surface area (Å²) >= 11 is 6.06. The van der Waals surface area contributed by atoms with E-state index in [-0.39, 0.29) is 31.4 Å². The molecular formula is C58H69F6N2O6S2-. The topological polar surface area (TPSA) is 136 Å². The predicted molar refractivity (Wildman–Crippen MR) is 289 cm³/mol. The van der Waals surface area contributed by atoms with E-state index in [1.165, 1.54) is 33.4 Å². The Kier molecular flexibility index (Phi) is 34.0. The summed E-state index contributed by atoms with van der Waals surface area (Å²) in [6, 6.07) is 64.4. The average Bonchev–Trinajstić information content (AvgIpc) is 3.39. The SMILES string of the molecule is C.C.CNC(=O)CCCCCS.CNC(=O)CCCCCSC(c1ccccc1)(c1ccccc1)c1ccccc1.O=C(O)C(F)(F)F.O=C([O-])C(F)(F)F.c1ccc(C(c2ccccc2)c2ccccc2)cc1. The van der Waals surface area contributed by atoms with Crippen LogP contribution in [0.25, 0.3) is 0 Å². The molecule has 3 N–H and O–H groups in total. The van der Waals surface area contributed by atoms with Crippen molar-refractivity contribution in [2.75, 3.05) is 25.6 Å². The average molecular weight is 1070 g/mol. The molecule has 0 aliphatic heterocycles. The van der Waals surface area contributed by atoms with Crippen LogP contribution in [-0.4, -0.2) is 66.8 Å². The molecule has 6 rings (SSSR count). The van der Waals surface area contributed by atoms with Crippen molar-refractivity contribution in [1.29, 1.82) is 0 Å². The zero-order valence-corrected chi connectivity index (χ0v) is 41.8. The molecule has 0 saturated carbocycles. The Hall–Kier alpha value is -6.52. The number of thiol groups is 1. The lowest BCUT2D eigenvalue weighted by atomic mass is 9.84. The molecule has 0 fully saturated rings. The molecule has 6 aromatic carbocycles. The molecule has 0 saturated heterocycles. The number of hydrogen-bond donors (Lipinski definition) is 4. The highest BCUT2D eigenvalue weighted by atomic mass is 32.2. The van der Waals surface area contributed by atoms with E-state index in [1.54, 1.807) is 14.1 Å². The van der Waals surface area contributed by atoms with Gasteiger partial charge >= 0.3 is 18.3 Å². The van der Waals surface area contributed by atoms with Crippen LogP contribution < -0.4 is 15.7 Å². The summed E-state index contributed by atoms with van der Waals surface area (Å²) in [4.78, 5) is 39.8. The quantitative estimate of drug-likeness (QED) is 0.0291. The largest absolute Gasteiger partial charge is 0.542 e. The highest BCUT2D eigenvalue weighted by Gasteiger charge is 2.38. The van der Waals surface area contributed by atoms with Crippen molar-refractivity contribution in [2.24, 2.45) is 0 Å². The summed E-state index contributed by atoms with van der Waals surface area (Å²) in [5.74, 6) is -3.23.